The summed E-state index contributed by atoms with van der Waals surface area (Å²) in [5.74, 6) is -2.89. The Morgan fingerprint density at radius 1 is 1.15 bits per heavy atom. The first-order chi connectivity index (χ1) is 6.00. The summed E-state index contributed by atoms with van der Waals surface area (Å²) in [5.41, 5.74) is 0. The van der Waals surface area contributed by atoms with Crippen molar-refractivity contribution in [1.82, 2.24) is 4.90 Å². The van der Waals surface area contributed by atoms with Crippen LogP contribution in [0.25, 0.3) is 0 Å². The van der Waals surface area contributed by atoms with Crippen LogP contribution in [-0.2, 0) is 9.59 Å². The summed E-state index contributed by atoms with van der Waals surface area (Å²) in [5, 5.41) is 17.5. The van der Waals surface area contributed by atoms with E-state index in [0.717, 1.165) is 0 Å². The molecule has 1 saturated heterocycles. The van der Waals surface area contributed by atoms with Gasteiger partial charge in [-0.2, -0.15) is 0 Å². The molecule has 1 aliphatic heterocycles. The molecule has 13 heavy (non-hydrogen) atoms. The number of likely N-dealkylation sites (tertiary alicyclic amines) is 1. The lowest BCUT2D eigenvalue weighted by Gasteiger charge is -2.31. The molecular weight excluding hydrogens is 174 g/mol. The first-order valence-electron chi connectivity index (χ1n) is 4.15. The van der Waals surface area contributed by atoms with E-state index >= 15 is 0 Å². The highest BCUT2D eigenvalue weighted by atomic mass is 16.4. The van der Waals surface area contributed by atoms with E-state index in [9.17, 15) is 9.59 Å². The van der Waals surface area contributed by atoms with Gasteiger partial charge in [0.05, 0.1) is 11.8 Å². The van der Waals surface area contributed by atoms with Gasteiger partial charge in [-0.3, -0.25) is 9.59 Å². The molecule has 0 amide bonds. The molecule has 0 unspecified atom stereocenters. The van der Waals surface area contributed by atoms with Crippen LogP contribution in [0.3, 0.4) is 0 Å². The Labute approximate surface area is 76.0 Å². The summed E-state index contributed by atoms with van der Waals surface area (Å²) in [7, 11) is 1.74. The van der Waals surface area contributed by atoms with Gasteiger partial charge in [0.25, 0.3) is 0 Å². The predicted octanol–water partition coefficient (Wildman–Crippen LogP) is -0.276. The highest BCUT2D eigenvalue weighted by Crippen LogP contribution is 2.21. The molecular formula is C8H13NO4. The molecule has 2 atom stereocenters. The molecule has 1 rings (SSSR count). The normalized spacial score (nSPS) is 29.9. The van der Waals surface area contributed by atoms with Crippen LogP contribution >= 0.6 is 0 Å². The SMILES string of the molecule is CN1C[C@H](C(=O)O)C[C@@H](C(=O)O)C1. The average Bonchev–Trinajstić information content (AvgIpc) is 2.03. The van der Waals surface area contributed by atoms with Crippen LogP contribution in [0.1, 0.15) is 6.42 Å². The van der Waals surface area contributed by atoms with E-state index in [0.29, 0.717) is 13.1 Å². The van der Waals surface area contributed by atoms with Crippen LogP contribution in [0.4, 0.5) is 0 Å². The molecule has 0 saturated carbocycles. The third kappa shape index (κ3) is 2.42. The van der Waals surface area contributed by atoms with Crippen LogP contribution in [0.5, 0.6) is 0 Å². The quantitative estimate of drug-likeness (QED) is 0.621. The lowest BCUT2D eigenvalue weighted by atomic mass is 9.90. The first-order valence-corrected chi connectivity index (χ1v) is 4.15. The Bertz CT molecular complexity index is 206. The Kier molecular flexibility index (Phi) is 2.87. The van der Waals surface area contributed by atoms with E-state index in [1.165, 1.54) is 0 Å². The van der Waals surface area contributed by atoms with E-state index in [1.54, 1.807) is 11.9 Å². The minimum absolute atomic E-state index is 0.245. The molecule has 0 bridgehead atoms. The van der Waals surface area contributed by atoms with E-state index < -0.39 is 23.8 Å². The number of hydrogen-bond acceptors (Lipinski definition) is 3. The summed E-state index contributed by atoms with van der Waals surface area (Å²) >= 11 is 0. The summed E-state index contributed by atoms with van der Waals surface area (Å²) in [6.07, 6.45) is 0.245. The summed E-state index contributed by atoms with van der Waals surface area (Å²) in [6.45, 7) is 0.887. The lowest BCUT2D eigenvalue weighted by molar-refractivity contribution is -0.149. The number of rotatable bonds is 2. The minimum atomic E-state index is -0.905. The van der Waals surface area contributed by atoms with Gasteiger partial charge in [-0.25, -0.2) is 0 Å². The molecule has 74 valence electrons. The Hall–Kier alpha value is -1.10. The molecule has 0 aromatic rings. The average molecular weight is 187 g/mol. The second-order valence-corrected chi connectivity index (χ2v) is 3.53. The number of carboxylic acids is 2. The fourth-order valence-corrected chi connectivity index (χ4v) is 1.68. The summed E-state index contributed by atoms with van der Waals surface area (Å²) < 4.78 is 0. The molecule has 0 aliphatic carbocycles. The van der Waals surface area contributed by atoms with Gasteiger partial charge < -0.3 is 15.1 Å². The van der Waals surface area contributed by atoms with Gasteiger partial charge in [0.2, 0.25) is 0 Å². The molecule has 5 heteroatoms. The van der Waals surface area contributed by atoms with Crippen LogP contribution in [0.15, 0.2) is 0 Å². The van der Waals surface area contributed by atoms with Crippen molar-refractivity contribution in [2.45, 2.75) is 6.42 Å². The second-order valence-electron chi connectivity index (χ2n) is 3.53. The topological polar surface area (TPSA) is 77.8 Å². The smallest absolute Gasteiger partial charge is 0.307 e. The zero-order chi connectivity index (χ0) is 10.0. The zero-order valence-corrected chi connectivity index (χ0v) is 7.43. The molecule has 1 aliphatic rings. The number of aliphatic carboxylic acids is 2. The van der Waals surface area contributed by atoms with Gasteiger partial charge in [-0.05, 0) is 13.5 Å². The van der Waals surface area contributed by atoms with Crippen LogP contribution in [0.2, 0.25) is 0 Å². The van der Waals surface area contributed by atoms with Crippen molar-refractivity contribution >= 4 is 11.9 Å². The number of piperidine rings is 1. The molecule has 2 N–H and O–H groups in total. The van der Waals surface area contributed by atoms with Crippen molar-refractivity contribution in [2.24, 2.45) is 11.8 Å². The number of carboxylic acid groups (broad SMARTS) is 2. The summed E-state index contributed by atoms with van der Waals surface area (Å²) in [4.78, 5) is 23.0. The highest BCUT2D eigenvalue weighted by Gasteiger charge is 2.33. The van der Waals surface area contributed by atoms with Crippen molar-refractivity contribution in [2.75, 3.05) is 20.1 Å². The number of nitrogens with zero attached hydrogens (tertiary/aromatic N) is 1. The monoisotopic (exact) mass is 187 g/mol. The van der Waals surface area contributed by atoms with Crippen molar-refractivity contribution in [3.8, 4) is 0 Å². The first kappa shape index (κ1) is 9.98. The largest absolute Gasteiger partial charge is 0.481 e. The van der Waals surface area contributed by atoms with Crippen LogP contribution in [0, 0.1) is 11.8 Å². The Morgan fingerprint density at radius 3 is 1.85 bits per heavy atom. The fraction of sp³-hybridized carbons (Fsp3) is 0.750. The summed E-state index contributed by atoms with van der Waals surface area (Å²) in [6, 6.07) is 0. The third-order valence-electron chi connectivity index (χ3n) is 2.33. The van der Waals surface area contributed by atoms with Crippen molar-refractivity contribution in [1.29, 1.82) is 0 Å². The minimum Gasteiger partial charge on any atom is -0.481 e. The van der Waals surface area contributed by atoms with E-state index in [2.05, 4.69) is 0 Å². The van der Waals surface area contributed by atoms with Crippen molar-refractivity contribution in [3.05, 3.63) is 0 Å². The van der Waals surface area contributed by atoms with Gasteiger partial charge in [-0.15, -0.1) is 0 Å². The predicted molar refractivity (Wildman–Crippen MR) is 44.4 cm³/mol. The maximum Gasteiger partial charge on any atom is 0.307 e. The van der Waals surface area contributed by atoms with Gasteiger partial charge in [0, 0.05) is 13.1 Å². The van der Waals surface area contributed by atoms with E-state index in [4.69, 9.17) is 10.2 Å². The standard InChI is InChI=1S/C8H13NO4/c1-9-3-5(7(10)11)2-6(4-9)8(12)13/h5-6H,2-4H2,1H3,(H,10,11)(H,12,13)/t5-,6-/m1/s1. The molecule has 0 aromatic heterocycles. The van der Waals surface area contributed by atoms with Gasteiger partial charge in [-0.1, -0.05) is 0 Å². The van der Waals surface area contributed by atoms with Crippen LogP contribution in [-0.4, -0.2) is 47.2 Å². The lowest BCUT2D eigenvalue weighted by Crippen LogP contribution is -2.43. The molecule has 1 fully saturated rings. The highest BCUT2D eigenvalue weighted by molar-refractivity contribution is 5.74. The molecule has 5 nitrogen and oxygen atoms in total. The second kappa shape index (κ2) is 3.74. The van der Waals surface area contributed by atoms with Crippen LogP contribution < -0.4 is 0 Å². The number of hydrogen-bond donors (Lipinski definition) is 2. The Morgan fingerprint density at radius 2 is 1.54 bits per heavy atom. The van der Waals surface area contributed by atoms with E-state index in [1.807, 2.05) is 0 Å². The van der Waals surface area contributed by atoms with Gasteiger partial charge >= 0.3 is 11.9 Å². The molecule has 0 aromatic carbocycles. The van der Waals surface area contributed by atoms with Crippen molar-refractivity contribution < 1.29 is 19.8 Å². The Balaban J connectivity index is 2.62. The fourth-order valence-electron chi connectivity index (χ4n) is 1.68. The van der Waals surface area contributed by atoms with E-state index in [-0.39, 0.29) is 6.42 Å². The molecule has 0 spiro atoms. The molecule has 1 heterocycles. The third-order valence-corrected chi connectivity index (χ3v) is 2.33. The van der Waals surface area contributed by atoms with Gasteiger partial charge in [0.15, 0.2) is 0 Å². The maximum atomic E-state index is 10.6. The maximum absolute atomic E-state index is 10.6. The number of carbonyl (C=O) groups is 2. The van der Waals surface area contributed by atoms with Crippen molar-refractivity contribution in [3.63, 3.8) is 0 Å². The molecule has 0 radical (unpaired) electrons. The van der Waals surface area contributed by atoms with Gasteiger partial charge in [0.1, 0.15) is 0 Å². The zero-order valence-electron chi connectivity index (χ0n) is 7.43.